The minimum Gasteiger partial charge on any atom is -0.493 e. The molecule has 178 valence electrons. The highest BCUT2D eigenvalue weighted by Gasteiger charge is 2.49. The predicted octanol–water partition coefficient (Wildman–Crippen LogP) is 4.99. The number of nitrogens with zero attached hydrogens (tertiary/aromatic N) is 4. The molecule has 0 aliphatic carbocycles. The van der Waals surface area contributed by atoms with E-state index in [4.69, 9.17) is 11.6 Å². The number of carbonyl (C=O) groups excluding carboxylic acids is 1. The Balaban J connectivity index is 1.34. The summed E-state index contributed by atoms with van der Waals surface area (Å²) >= 11 is 6.32. The third-order valence-corrected chi connectivity index (χ3v) is 7.76. The van der Waals surface area contributed by atoms with E-state index in [1.807, 2.05) is 60.7 Å². The van der Waals surface area contributed by atoms with E-state index < -0.39 is 6.04 Å². The number of hydrogen-bond donors (Lipinski definition) is 1. The maximum Gasteiger partial charge on any atom is 0.336 e. The lowest BCUT2D eigenvalue weighted by molar-refractivity contribution is 0.0711. The van der Waals surface area contributed by atoms with E-state index in [9.17, 15) is 20.0 Å². The molecule has 0 saturated carbocycles. The first-order valence-electron chi connectivity index (χ1n) is 11.6. The van der Waals surface area contributed by atoms with Crippen molar-refractivity contribution in [3.8, 4) is 28.8 Å². The van der Waals surface area contributed by atoms with Gasteiger partial charge in [0, 0.05) is 12.1 Å². The molecule has 2 bridgehead atoms. The van der Waals surface area contributed by atoms with Gasteiger partial charge in [-0.3, -0.25) is 9.36 Å². The molecule has 7 nitrogen and oxygen atoms in total. The molecular formula is C28H21ClN4O3. The van der Waals surface area contributed by atoms with Crippen LogP contribution in [-0.2, 0) is 0 Å². The number of benzene rings is 3. The summed E-state index contributed by atoms with van der Waals surface area (Å²) in [7, 11) is 0. The van der Waals surface area contributed by atoms with E-state index in [0.29, 0.717) is 41.0 Å². The van der Waals surface area contributed by atoms with Gasteiger partial charge < -0.3 is 10.0 Å². The molecule has 1 N–H and O–H groups in total. The number of aromatic nitrogens is 2. The summed E-state index contributed by atoms with van der Waals surface area (Å²) in [6.07, 6.45) is 0.583. The molecule has 0 spiro atoms. The van der Waals surface area contributed by atoms with Crippen molar-refractivity contribution in [2.45, 2.75) is 25.4 Å². The van der Waals surface area contributed by atoms with E-state index in [1.165, 1.54) is 10.6 Å². The minimum absolute atomic E-state index is 0.134. The zero-order chi connectivity index (χ0) is 25.1. The molecule has 1 fully saturated rings. The van der Waals surface area contributed by atoms with Crippen LogP contribution in [0.4, 0.5) is 0 Å². The van der Waals surface area contributed by atoms with Crippen molar-refractivity contribution in [1.29, 1.82) is 5.26 Å². The third-order valence-electron chi connectivity index (χ3n) is 7.28. The highest BCUT2D eigenvalue weighted by molar-refractivity contribution is 6.32. The van der Waals surface area contributed by atoms with Gasteiger partial charge in [-0.15, -0.1) is 0 Å². The molecule has 1 amide bonds. The van der Waals surface area contributed by atoms with Gasteiger partial charge in [0.2, 0.25) is 5.88 Å². The third kappa shape index (κ3) is 3.11. The molecule has 3 aromatic carbocycles. The summed E-state index contributed by atoms with van der Waals surface area (Å²) in [5, 5.41) is 20.7. The second-order valence-corrected chi connectivity index (χ2v) is 9.56. The quantitative estimate of drug-likeness (QED) is 0.432. The summed E-state index contributed by atoms with van der Waals surface area (Å²) in [5.74, 6) is -0.334. The van der Waals surface area contributed by atoms with Crippen LogP contribution in [0, 0.1) is 18.3 Å². The second kappa shape index (κ2) is 8.14. The molecule has 2 atom stereocenters. The maximum atomic E-state index is 13.4. The van der Waals surface area contributed by atoms with Crippen molar-refractivity contribution in [2.24, 2.45) is 0 Å². The number of fused-ring (bicyclic) bond motifs is 5. The van der Waals surface area contributed by atoms with Crippen molar-refractivity contribution in [2.75, 3.05) is 6.54 Å². The average Bonchev–Trinajstić information content (AvgIpc) is 3.57. The lowest BCUT2D eigenvalue weighted by Crippen LogP contribution is -2.37. The Labute approximate surface area is 212 Å². The van der Waals surface area contributed by atoms with Crippen molar-refractivity contribution < 1.29 is 9.90 Å². The number of halogens is 1. The van der Waals surface area contributed by atoms with E-state index in [2.05, 4.69) is 0 Å². The topological polar surface area (TPSA) is 91.3 Å². The van der Waals surface area contributed by atoms with Gasteiger partial charge in [-0.05, 0) is 54.3 Å². The number of likely N-dealkylation sites (tertiary alicyclic amines) is 1. The molecule has 2 aliphatic heterocycles. The van der Waals surface area contributed by atoms with Crippen LogP contribution < -0.4 is 5.69 Å². The lowest BCUT2D eigenvalue weighted by atomic mass is 10.0. The van der Waals surface area contributed by atoms with Gasteiger partial charge in [-0.25, -0.2) is 9.36 Å². The van der Waals surface area contributed by atoms with Gasteiger partial charge in [0.05, 0.1) is 28.4 Å². The van der Waals surface area contributed by atoms with Crippen molar-refractivity contribution in [3.05, 3.63) is 105 Å². The highest BCUT2D eigenvalue weighted by Crippen LogP contribution is 2.49. The summed E-state index contributed by atoms with van der Waals surface area (Å²) in [5.41, 5.74) is 3.95. The van der Waals surface area contributed by atoms with Gasteiger partial charge in [-0.2, -0.15) is 5.26 Å². The fourth-order valence-electron chi connectivity index (χ4n) is 5.49. The lowest BCUT2D eigenvalue weighted by Gasteiger charge is -2.27. The molecule has 6 rings (SSSR count). The van der Waals surface area contributed by atoms with E-state index in [0.717, 1.165) is 11.1 Å². The number of amides is 1. The average molecular weight is 497 g/mol. The van der Waals surface area contributed by atoms with Crippen LogP contribution in [0.15, 0.2) is 71.5 Å². The first kappa shape index (κ1) is 22.2. The van der Waals surface area contributed by atoms with Crippen LogP contribution in [0.25, 0.3) is 16.8 Å². The Morgan fingerprint density at radius 1 is 1.06 bits per heavy atom. The van der Waals surface area contributed by atoms with Gasteiger partial charge in [-0.1, -0.05) is 54.1 Å². The standard InChI is InChI=1S/C28H21ClN4O3/c1-16-22(12-11-20(14-30)24(16)29)33-27(35)25-23-13-21(32(25)28(33)36)15-31(23)26(34)19-9-7-18(8-10-19)17-5-3-2-4-6-17/h2-12,21,23,35H,13,15H2,1H3. The minimum atomic E-state index is -0.403. The highest BCUT2D eigenvalue weighted by atomic mass is 35.5. The molecule has 2 unspecified atom stereocenters. The van der Waals surface area contributed by atoms with Crippen LogP contribution >= 0.6 is 11.6 Å². The SMILES string of the molecule is Cc1c(-n2c(O)c3n(c2=O)C2CC3N(C(=O)c3ccc(-c4ccccc4)cc3)C2)ccc(C#N)c1Cl. The van der Waals surface area contributed by atoms with E-state index in [-0.39, 0.29) is 28.5 Å². The first-order valence-corrected chi connectivity index (χ1v) is 12.0. The molecule has 4 aromatic rings. The first-order chi connectivity index (χ1) is 17.4. The zero-order valence-corrected chi connectivity index (χ0v) is 20.1. The number of carbonyl (C=O) groups is 1. The summed E-state index contributed by atoms with van der Waals surface area (Å²) in [6.45, 7) is 2.10. The molecule has 36 heavy (non-hydrogen) atoms. The molecule has 1 aromatic heterocycles. The Morgan fingerprint density at radius 2 is 1.75 bits per heavy atom. The smallest absolute Gasteiger partial charge is 0.336 e. The number of rotatable bonds is 3. The number of aromatic hydroxyl groups is 1. The largest absolute Gasteiger partial charge is 0.493 e. The zero-order valence-electron chi connectivity index (χ0n) is 19.4. The van der Waals surface area contributed by atoms with Crippen molar-refractivity contribution >= 4 is 17.5 Å². The molecule has 8 heteroatoms. The normalized spacial score (nSPS) is 17.8. The Morgan fingerprint density at radius 3 is 2.44 bits per heavy atom. The molecular weight excluding hydrogens is 476 g/mol. The monoisotopic (exact) mass is 496 g/mol. The van der Waals surface area contributed by atoms with Crippen molar-refractivity contribution in [3.63, 3.8) is 0 Å². The molecule has 2 aliphatic rings. The van der Waals surface area contributed by atoms with Gasteiger partial charge in [0.1, 0.15) is 11.8 Å². The molecule has 1 saturated heterocycles. The number of hydrogen-bond acceptors (Lipinski definition) is 4. The number of nitriles is 1. The van der Waals surface area contributed by atoms with Crippen LogP contribution in [0.5, 0.6) is 5.88 Å². The van der Waals surface area contributed by atoms with Crippen molar-refractivity contribution in [1.82, 2.24) is 14.0 Å². The summed E-state index contributed by atoms with van der Waals surface area (Å²) < 4.78 is 2.81. The Hall–Kier alpha value is -4.28. The fraction of sp³-hybridized carbons (Fsp3) is 0.179. The Kier molecular flexibility index (Phi) is 5.02. The van der Waals surface area contributed by atoms with Gasteiger partial charge in [0.25, 0.3) is 5.91 Å². The van der Waals surface area contributed by atoms with Gasteiger partial charge >= 0.3 is 5.69 Å². The van der Waals surface area contributed by atoms with Crippen LogP contribution in [-0.4, -0.2) is 31.6 Å². The van der Waals surface area contributed by atoms with E-state index >= 15 is 0 Å². The van der Waals surface area contributed by atoms with Crippen LogP contribution in [0.3, 0.4) is 0 Å². The number of imidazole rings is 1. The maximum absolute atomic E-state index is 13.4. The van der Waals surface area contributed by atoms with Crippen LogP contribution in [0.2, 0.25) is 5.02 Å². The molecule has 3 heterocycles. The van der Waals surface area contributed by atoms with E-state index in [1.54, 1.807) is 22.5 Å². The Bertz CT molecular complexity index is 1630. The van der Waals surface area contributed by atoms with Crippen LogP contribution in [0.1, 0.15) is 45.7 Å². The summed E-state index contributed by atoms with van der Waals surface area (Å²) in [6, 6.07) is 22.0. The van der Waals surface area contributed by atoms with Gasteiger partial charge in [0.15, 0.2) is 0 Å². The predicted molar refractivity (Wildman–Crippen MR) is 135 cm³/mol. The summed E-state index contributed by atoms with van der Waals surface area (Å²) in [4.78, 5) is 28.5. The fourth-order valence-corrected chi connectivity index (χ4v) is 5.69. The second-order valence-electron chi connectivity index (χ2n) is 9.19. The molecule has 0 radical (unpaired) electrons.